The summed E-state index contributed by atoms with van der Waals surface area (Å²) in [6, 6.07) is 0. The average molecular weight is 493 g/mol. The van der Waals surface area contributed by atoms with E-state index in [9.17, 15) is 43.2 Å². The largest absolute Gasteiger partial charge is 0.480 e. The molecule has 0 amide bonds. The van der Waals surface area contributed by atoms with Crippen LogP contribution in [-0.2, 0) is 39.7 Å². The van der Waals surface area contributed by atoms with Gasteiger partial charge in [0, 0.05) is 6.42 Å². The van der Waals surface area contributed by atoms with Crippen LogP contribution in [0.15, 0.2) is 6.20 Å². The van der Waals surface area contributed by atoms with Crippen molar-refractivity contribution in [3.8, 4) is 0 Å². The summed E-state index contributed by atoms with van der Waals surface area (Å²) in [4.78, 5) is 0. The normalized spacial score (nSPS) is 13.8. The third kappa shape index (κ3) is 9.00. The lowest BCUT2D eigenvalue weighted by molar-refractivity contribution is -0.740. The molecule has 0 N–H and O–H groups in total. The highest BCUT2D eigenvalue weighted by Crippen LogP contribution is 2.36. The molecule has 0 spiro atoms. The van der Waals surface area contributed by atoms with Gasteiger partial charge >= 0.3 is 11.0 Å². The lowest BCUT2D eigenvalue weighted by Gasteiger charge is -2.22. The number of hydrogen-bond acceptors (Lipinski definition) is 5. The molecule has 0 atom stereocenters. The highest BCUT2D eigenvalue weighted by molar-refractivity contribution is 8.13. The van der Waals surface area contributed by atoms with Crippen LogP contribution in [0.3, 0.4) is 0 Å². The van der Waals surface area contributed by atoms with E-state index in [-0.39, 0.29) is 0 Å². The Bertz CT molecular complexity index is 847. The van der Waals surface area contributed by atoms with Crippen LogP contribution >= 0.6 is 0 Å². The molecule has 0 radical (unpaired) electrons. The minimum atomic E-state index is -6.72. The summed E-state index contributed by atoms with van der Waals surface area (Å²) in [5.74, 6) is 0. The Hall–Kier alpha value is -1.20. The Labute approximate surface area is 166 Å². The fourth-order valence-electron chi connectivity index (χ4n) is 1.77. The molecule has 1 aromatic rings. The van der Waals surface area contributed by atoms with E-state index in [0.717, 1.165) is 16.7 Å². The molecule has 0 aliphatic rings. The van der Waals surface area contributed by atoms with Gasteiger partial charge in [-0.1, -0.05) is 26.6 Å². The second-order valence-corrected chi connectivity index (χ2v) is 15.9. The van der Waals surface area contributed by atoms with E-state index < -0.39 is 39.1 Å². The Morgan fingerprint density at radius 1 is 1.03 bits per heavy atom. The molecule has 1 rings (SSSR count). The summed E-state index contributed by atoms with van der Waals surface area (Å²) in [5.41, 5.74) is -11.1. The molecular formula is C12H22F6N4O4S2Si. The van der Waals surface area contributed by atoms with Crippen LogP contribution in [0, 0.1) is 0 Å². The first-order valence-corrected chi connectivity index (χ1v) is 14.5. The van der Waals surface area contributed by atoms with E-state index in [1.165, 1.54) is 12.1 Å². The standard InChI is InChI=1S/C10H22N3Si.C2F6NO4S2/c1-6-7-10-8-13(11-12(10)2)9-14(3,4)5;3-1(4,5)14(10,11)9-15(12,13)2(6,7)8/h8H,6-7,9H2,1-5H3;/q+1;-1. The molecule has 8 nitrogen and oxygen atoms in total. The Morgan fingerprint density at radius 2 is 1.45 bits per heavy atom. The van der Waals surface area contributed by atoms with Crippen molar-refractivity contribution in [2.24, 2.45) is 7.05 Å². The van der Waals surface area contributed by atoms with E-state index in [4.69, 9.17) is 0 Å². The van der Waals surface area contributed by atoms with Gasteiger partial charge in [-0.05, 0) is 6.42 Å². The van der Waals surface area contributed by atoms with Crippen LogP contribution in [0.2, 0.25) is 19.6 Å². The molecule has 0 aromatic carbocycles. The summed E-state index contributed by atoms with van der Waals surface area (Å²) in [7, 11) is -12.5. The van der Waals surface area contributed by atoms with Gasteiger partial charge < -0.3 is 4.13 Å². The minimum Gasteiger partial charge on any atom is -0.421 e. The topological polar surface area (TPSA) is 104 Å². The molecule has 172 valence electrons. The molecule has 0 unspecified atom stereocenters. The second-order valence-electron chi connectivity index (χ2n) is 7.06. The predicted molar refractivity (Wildman–Crippen MR) is 94.1 cm³/mol. The van der Waals surface area contributed by atoms with E-state index in [2.05, 4.69) is 42.7 Å². The molecule has 1 heterocycles. The van der Waals surface area contributed by atoms with E-state index in [1.54, 1.807) is 0 Å². The first-order chi connectivity index (χ1) is 12.6. The summed E-state index contributed by atoms with van der Waals surface area (Å²) >= 11 is 0. The lowest BCUT2D eigenvalue weighted by Crippen LogP contribution is -2.47. The molecular weight excluding hydrogens is 470 g/mol. The van der Waals surface area contributed by atoms with Gasteiger partial charge in [0.1, 0.15) is 13.2 Å². The van der Waals surface area contributed by atoms with Crippen LogP contribution in [0.4, 0.5) is 26.3 Å². The maximum atomic E-state index is 11.4. The number of aromatic nitrogens is 3. The number of rotatable bonds is 6. The average Bonchev–Trinajstić information content (AvgIpc) is 2.73. The minimum absolute atomic E-state index is 0.778. The van der Waals surface area contributed by atoms with Crippen molar-refractivity contribution in [1.29, 1.82) is 0 Å². The number of nitrogens with zero attached hydrogens (tertiary/aromatic N) is 4. The molecule has 17 heteroatoms. The van der Waals surface area contributed by atoms with E-state index in [0.29, 0.717) is 0 Å². The Morgan fingerprint density at radius 3 is 1.76 bits per heavy atom. The maximum Gasteiger partial charge on any atom is 0.480 e. The Kier molecular flexibility index (Phi) is 8.91. The van der Waals surface area contributed by atoms with Crippen molar-refractivity contribution in [2.45, 2.75) is 56.6 Å². The third-order valence-electron chi connectivity index (χ3n) is 2.89. The lowest BCUT2D eigenvalue weighted by atomic mass is 10.3. The number of aryl methyl sites for hydroxylation is 2. The highest BCUT2D eigenvalue weighted by atomic mass is 32.3. The zero-order valence-corrected chi connectivity index (χ0v) is 18.8. The van der Waals surface area contributed by atoms with Gasteiger partial charge in [-0.3, -0.25) is 0 Å². The van der Waals surface area contributed by atoms with Gasteiger partial charge in [0.2, 0.25) is 0 Å². The fourth-order valence-corrected chi connectivity index (χ4v) is 4.61. The molecule has 0 aliphatic heterocycles. The van der Waals surface area contributed by atoms with Crippen LogP contribution in [0.25, 0.3) is 4.13 Å². The first kappa shape index (κ1) is 27.8. The summed E-state index contributed by atoms with van der Waals surface area (Å²) < 4.78 is 113. The zero-order valence-electron chi connectivity index (χ0n) is 16.2. The van der Waals surface area contributed by atoms with E-state index >= 15 is 0 Å². The summed E-state index contributed by atoms with van der Waals surface area (Å²) in [6.45, 7) is 9.31. The monoisotopic (exact) mass is 492 g/mol. The predicted octanol–water partition coefficient (Wildman–Crippen LogP) is 2.60. The SMILES string of the molecule is CCCc1c[n+](C[Si](C)(C)C)nn1C.O=S(=O)([N-]S(=O)(=O)C(F)(F)F)C(F)(F)F. The van der Waals surface area contributed by atoms with Crippen LogP contribution in [0.1, 0.15) is 19.0 Å². The molecule has 0 fully saturated rings. The zero-order chi connectivity index (χ0) is 23.5. The van der Waals surface area contributed by atoms with Gasteiger partial charge in [0.05, 0.1) is 13.3 Å². The molecule has 1 aromatic heterocycles. The highest BCUT2D eigenvalue weighted by Gasteiger charge is 2.46. The first-order valence-electron chi connectivity index (χ1n) is 7.92. The van der Waals surface area contributed by atoms with Crippen molar-refractivity contribution in [1.82, 2.24) is 9.90 Å². The van der Waals surface area contributed by atoms with Crippen LogP contribution in [-0.4, -0.2) is 45.8 Å². The van der Waals surface area contributed by atoms with E-state index in [1.807, 2.05) is 11.7 Å². The third-order valence-corrected chi connectivity index (χ3v) is 6.90. The summed E-state index contributed by atoms with van der Waals surface area (Å²) in [6.07, 6.45) is 5.63. The number of sulfonamides is 2. The van der Waals surface area contributed by atoms with Crippen molar-refractivity contribution in [2.75, 3.05) is 0 Å². The Balaban J connectivity index is 0.000000541. The second kappa shape index (κ2) is 9.30. The molecule has 29 heavy (non-hydrogen) atoms. The van der Waals surface area contributed by atoms with Crippen molar-refractivity contribution in [3.05, 3.63) is 16.0 Å². The van der Waals surface area contributed by atoms with Gasteiger partial charge in [-0.2, -0.15) is 26.3 Å². The van der Waals surface area contributed by atoms with Crippen LogP contribution in [0.5, 0.6) is 0 Å². The smallest absolute Gasteiger partial charge is 0.421 e. The quantitative estimate of drug-likeness (QED) is 0.345. The number of alkyl halides is 6. The van der Waals surface area contributed by atoms with Gasteiger partial charge in [-0.15, -0.1) is 9.36 Å². The molecule has 0 saturated heterocycles. The van der Waals surface area contributed by atoms with Crippen molar-refractivity contribution >= 4 is 28.1 Å². The maximum absolute atomic E-state index is 11.4. The van der Waals surface area contributed by atoms with Crippen molar-refractivity contribution in [3.63, 3.8) is 0 Å². The molecule has 0 saturated carbocycles. The number of halogens is 6. The van der Waals surface area contributed by atoms with Crippen LogP contribution < -0.4 is 4.68 Å². The van der Waals surface area contributed by atoms with Crippen molar-refractivity contribution < 1.29 is 47.9 Å². The molecule has 0 aliphatic carbocycles. The van der Waals surface area contributed by atoms with Gasteiger partial charge in [0.25, 0.3) is 0 Å². The van der Waals surface area contributed by atoms with Gasteiger partial charge in [0.15, 0.2) is 31.9 Å². The molecule has 0 bridgehead atoms. The summed E-state index contributed by atoms with van der Waals surface area (Å²) in [5, 5.41) is 4.48. The van der Waals surface area contributed by atoms with Gasteiger partial charge in [-0.25, -0.2) is 16.8 Å². The number of hydrogen-bond donors (Lipinski definition) is 0. The fraction of sp³-hybridized carbons (Fsp3) is 0.833.